The Balaban J connectivity index is 1.92. The summed E-state index contributed by atoms with van der Waals surface area (Å²) in [6, 6.07) is 6.66. The molecule has 1 aliphatic rings. The van der Waals surface area contributed by atoms with Crippen LogP contribution in [0.3, 0.4) is 0 Å². The molecule has 0 heterocycles. The smallest absolute Gasteiger partial charge is 0.315 e. The molecule has 1 aliphatic carbocycles. The van der Waals surface area contributed by atoms with Gasteiger partial charge in [-0.15, -0.1) is 23.5 Å². The molecule has 1 fully saturated rings. The number of benzene rings is 1. The van der Waals surface area contributed by atoms with Gasteiger partial charge in [-0.25, -0.2) is 4.39 Å². The van der Waals surface area contributed by atoms with E-state index < -0.39 is 0 Å². The first-order valence-corrected chi connectivity index (χ1v) is 8.72. The molecule has 0 amide bonds. The second kappa shape index (κ2) is 7.93. The zero-order valence-electron chi connectivity index (χ0n) is 11.5. The summed E-state index contributed by atoms with van der Waals surface area (Å²) in [5.41, 5.74) is 0. The van der Waals surface area contributed by atoms with E-state index in [1.54, 1.807) is 23.5 Å². The lowest BCUT2D eigenvalue weighted by Gasteiger charge is -2.30. The minimum absolute atomic E-state index is 0.161. The number of carbonyl (C=O) groups is 1. The van der Waals surface area contributed by atoms with Gasteiger partial charge in [-0.1, -0.05) is 12.8 Å². The van der Waals surface area contributed by atoms with Crippen LogP contribution in [0.5, 0.6) is 0 Å². The van der Waals surface area contributed by atoms with Crippen LogP contribution in [0, 0.1) is 5.82 Å². The van der Waals surface area contributed by atoms with Gasteiger partial charge in [0.1, 0.15) is 5.82 Å². The van der Waals surface area contributed by atoms with Crippen LogP contribution in [-0.2, 0) is 9.53 Å². The summed E-state index contributed by atoms with van der Waals surface area (Å²) in [6.45, 7) is 0. The molecular weight excluding hydrogens is 295 g/mol. The van der Waals surface area contributed by atoms with Gasteiger partial charge in [-0.05, 0) is 37.1 Å². The van der Waals surface area contributed by atoms with E-state index in [4.69, 9.17) is 4.74 Å². The highest BCUT2D eigenvalue weighted by Crippen LogP contribution is 2.39. The Morgan fingerprint density at radius 3 is 2.55 bits per heavy atom. The van der Waals surface area contributed by atoms with Gasteiger partial charge in [0.15, 0.2) is 0 Å². The van der Waals surface area contributed by atoms with E-state index in [9.17, 15) is 9.18 Å². The highest BCUT2D eigenvalue weighted by molar-refractivity contribution is 8.04. The van der Waals surface area contributed by atoms with Crippen molar-refractivity contribution in [3.63, 3.8) is 0 Å². The van der Waals surface area contributed by atoms with Gasteiger partial charge in [0.05, 0.1) is 12.9 Å². The molecule has 0 saturated heterocycles. The first-order chi connectivity index (χ1) is 9.69. The third kappa shape index (κ3) is 4.70. The molecule has 0 radical (unpaired) electrons. The van der Waals surface area contributed by atoms with E-state index in [1.807, 2.05) is 12.1 Å². The molecule has 0 bridgehead atoms. The van der Waals surface area contributed by atoms with E-state index in [0.717, 1.165) is 17.7 Å². The van der Waals surface area contributed by atoms with Gasteiger partial charge < -0.3 is 4.74 Å². The maximum Gasteiger partial charge on any atom is 0.315 e. The van der Waals surface area contributed by atoms with Crippen LogP contribution in [0.2, 0.25) is 0 Å². The Hall–Kier alpha value is -0.680. The second-order valence-corrected chi connectivity index (χ2v) is 7.36. The van der Waals surface area contributed by atoms with Crippen molar-refractivity contribution in [3.8, 4) is 0 Å². The summed E-state index contributed by atoms with van der Waals surface area (Å²) >= 11 is 3.49. The van der Waals surface area contributed by atoms with E-state index >= 15 is 0 Å². The van der Waals surface area contributed by atoms with E-state index in [0.29, 0.717) is 16.3 Å². The molecule has 1 aromatic carbocycles. The predicted molar refractivity (Wildman–Crippen MR) is 82.8 cm³/mol. The fourth-order valence-corrected chi connectivity index (χ4v) is 5.08. The average Bonchev–Trinajstić information content (AvgIpc) is 2.48. The molecule has 0 N–H and O–H groups in total. The van der Waals surface area contributed by atoms with Gasteiger partial charge in [-0.3, -0.25) is 4.79 Å². The first-order valence-electron chi connectivity index (χ1n) is 6.79. The third-order valence-electron chi connectivity index (χ3n) is 3.39. The summed E-state index contributed by atoms with van der Waals surface area (Å²) in [5, 5.41) is 0.960. The highest BCUT2D eigenvalue weighted by atomic mass is 32.2. The van der Waals surface area contributed by atoms with Gasteiger partial charge in [0, 0.05) is 15.4 Å². The van der Waals surface area contributed by atoms with Crippen molar-refractivity contribution in [2.75, 3.05) is 12.9 Å². The summed E-state index contributed by atoms with van der Waals surface area (Å²) < 4.78 is 17.6. The number of hydrogen-bond donors (Lipinski definition) is 0. The lowest BCUT2D eigenvalue weighted by atomic mass is 10.00. The number of esters is 1. The molecule has 0 unspecified atom stereocenters. The van der Waals surface area contributed by atoms with E-state index in [2.05, 4.69) is 0 Å². The van der Waals surface area contributed by atoms with Crippen molar-refractivity contribution in [2.24, 2.45) is 0 Å². The fourth-order valence-electron chi connectivity index (χ4n) is 2.31. The normalized spacial score (nSPS) is 22.5. The monoisotopic (exact) mass is 314 g/mol. The molecular formula is C15H19FO2S2. The summed E-state index contributed by atoms with van der Waals surface area (Å²) in [4.78, 5) is 12.4. The minimum Gasteiger partial charge on any atom is -0.468 e. The van der Waals surface area contributed by atoms with Crippen molar-refractivity contribution >= 4 is 29.5 Å². The van der Waals surface area contributed by atoms with Crippen LogP contribution in [0.15, 0.2) is 29.2 Å². The number of carbonyl (C=O) groups excluding carboxylic acids is 1. The van der Waals surface area contributed by atoms with Crippen LogP contribution >= 0.6 is 23.5 Å². The number of ether oxygens (including phenoxy) is 1. The summed E-state index contributed by atoms with van der Waals surface area (Å²) in [7, 11) is 1.43. The molecule has 0 aromatic heterocycles. The van der Waals surface area contributed by atoms with Gasteiger partial charge >= 0.3 is 5.97 Å². The Morgan fingerprint density at radius 1 is 1.25 bits per heavy atom. The van der Waals surface area contributed by atoms with Gasteiger partial charge in [0.25, 0.3) is 0 Å². The largest absolute Gasteiger partial charge is 0.468 e. The van der Waals surface area contributed by atoms with Crippen molar-refractivity contribution in [1.82, 2.24) is 0 Å². The SMILES string of the molecule is COC(=O)CS[C@@H]1CCCC[C@H]1Sc1ccc(F)cc1. The quantitative estimate of drug-likeness (QED) is 0.763. The Kier molecular flexibility index (Phi) is 6.23. The molecule has 110 valence electrons. The summed E-state index contributed by atoms with van der Waals surface area (Å²) in [6.07, 6.45) is 4.74. The minimum atomic E-state index is -0.199. The number of thioether (sulfide) groups is 2. The third-order valence-corrected chi connectivity index (χ3v) is 6.36. The molecule has 2 nitrogen and oxygen atoms in total. The number of rotatable bonds is 5. The number of halogens is 1. The Bertz CT molecular complexity index is 436. The zero-order valence-corrected chi connectivity index (χ0v) is 13.1. The van der Waals surface area contributed by atoms with Crippen molar-refractivity contribution in [3.05, 3.63) is 30.1 Å². The highest BCUT2D eigenvalue weighted by Gasteiger charge is 2.27. The molecule has 0 aliphatic heterocycles. The van der Waals surface area contributed by atoms with Crippen LogP contribution in [0.1, 0.15) is 25.7 Å². The zero-order chi connectivity index (χ0) is 14.4. The lowest BCUT2D eigenvalue weighted by molar-refractivity contribution is -0.137. The van der Waals surface area contributed by atoms with Gasteiger partial charge in [0.2, 0.25) is 0 Å². The van der Waals surface area contributed by atoms with E-state index in [-0.39, 0.29) is 11.8 Å². The molecule has 0 spiro atoms. The van der Waals surface area contributed by atoms with Crippen molar-refractivity contribution in [2.45, 2.75) is 41.1 Å². The van der Waals surface area contributed by atoms with Crippen molar-refractivity contribution in [1.29, 1.82) is 0 Å². The maximum absolute atomic E-state index is 12.9. The standard InChI is InChI=1S/C15H19FO2S2/c1-18-15(17)10-19-13-4-2-3-5-14(13)20-12-8-6-11(16)7-9-12/h6-9,13-14H,2-5,10H2,1H3/t13-,14-/m1/s1. The molecule has 1 saturated carbocycles. The fraction of sp³-hybridized carbons (Fsp3) is 0.533. The van der Waals surface area contributed by atoms with Crippen LogP contribution in [0.25, 0.3) is 0 Å². The molecule has 5 heteroatoms. The number of methoxy groups -OCH3 is 1. The Morgan fingerprint density at radius 2 is 1.90 bits per heavy atom. The Labute approximate surface area is 127 Å². The second-order valence-electron chi connectivity index (χ2n) is 4.82. The average molecular weight is 314 g/mol. The van der Waals surface area contributed by atoms with Crippen LogP contribution < -0.4 is 0 Å². The number of hydrogen-bond acceptors (Lipinski definition) is 4. The summed E-state index contributed by atoms with van der Waals surface area (Å²) in [5.74, 6) is 0.0579. The topological polar surface area (TPSA) is 26.3 Å². The molecule has 2 atom stereocenters. The van der Waals surface area contributed by atoms with E-state index in [1.165, 1.54) is 32.1 Å². The van der Waals surface area contributed by atoms with Crippen molar-refractivity contribution < 1.29 is 13.9 Å². The predicted octanol–water partition coefficient (Wildman–Crippen LogP) is 4.14. The lowest BCUT2D eigenvalue weighted by Crippen LogP contribution is -2.25. The molecule has 1 aromatic rings. The van der Waals surface area contributed by atoms with Crippen LogP contribution in [-0.4, -0.2) is 29.3 Å². The van der Waals surface area contributed by atoms with Crippen LogP contribution in [0.4, 0.5) is 4.39 Å². The first kappa shape index (κ1) is 15.7. The molecule has 20 heavy (non-hydrogen) atoms. The maximum atomic E-state index is 12.9. The molecule has 2 rings (SSSR count). The van der Waals surface area contributed by atoms with Gasteiger partial charge in [-0.2, -0.15) is 0 Å².